The van der Waals surface area contributed by atoms with E-state index in [1.54, 1.807) is 6.08 Å². The molecule has 1 aliphatic heterocycles. The maximum atomic E-state index is 8.89. The lowest BCUT2D eigenvalue weighted by molar-refractivity contribution is 0.263. The summed E-state index contributed by atoms with van der Waals surface area (Å²) in [6.07, 6.45) is 1.72. The lowest BCUT2D eigenvalue weighted by atomic mass is 10.3. The minimum absolute atomic E-state index is 0.0995. The Morgan fingerprint density at radius 2 is 2.00 bits per heavy atom. The van der Waals surface area contributed by atoms with E-state index in [-0.39, 0.29) is 6.61 Å². The zero-order valence-corrected chi connectivity index (χ0v) is 7.06. The third kappa shape index (κ3) is 1.65. The fourth-order valence-corrected chi connectivity index (χ4v) is 1.16. The van der Waals surface area contributed by atoms with E-state index < -0.39 is 0 Å². The van der Waals surface area contributed by atoms with Crippen molar-refractivity contribution in [3.8, 4) is 11.5 Å². The van der Waals surface area contributed by atoms with Gasteiger partial charge < -0.3 is 14.6 Å². The second-order valence-corrected chi connectivity index (χ2v) is 2.69. The second-order valence-electron chi connectivity index (χ2n) is 2.69. The van der Waals surface area contributed by atoms with Gasteiger partial charge in [-0.3, -0.25) is 0 Å². The molecule has 13 heavy (non-hydrogen) atoms. The number of fused-ring (bicyclic) bond motifs is 1. The minimum Gasteiger partial charge on any atom is -0.485 e. The molecule has 0 unspecified atom stereocenters. The van der Waals surface area contributed by atoms with E-state index in [9.17, 15) is 0 Å². The largest absolute Gasteiger partial charge is 0.485 e. The van der Waals surface area contributed by atoms with Crippen LogP contribution >= 0.6 is 0 Å². The van der Waals surface area contributed by atoms with Crippen molar-refractivity contribution < 1.29 is 14.6 Å². The smallest absolute Gasteiger partial charge is 0.168 e. The first kappa shape index (κ1) is 8.13. The molecule has 0 fully saturated rings. The van der Waals surface area contributed by atoms with Gasteiger partial charge in [0.05, 0.1) is 0 Å². The van der Waals surface area contributed by atoms with Crippen molar-refractivity contribution in [2.75, 3.05) is 13.2 Å². The lowest BCUT2D eigenvalue weighted by Gasteiger charge is -2.07. The average Bonchev–Trinajstić information content (AvgIpc) is 2.38. The van der Waals surface area contributed by atoms with Crippen molar-refractivity contribution in [3.05, 3.63) is 36.1 Å². The van der Waals surface area contributed by atoms with Crippen molar-refractivity contribution in [3.63, 3.8) is 0 Å². The highest BCUT2D eigenvalue weighted by molar-refractivity contribution is 5.41. The molecule has 2 rings (SSSR count). The maximum Gasteiger partial charge on any atom is 0.168 e. The van der Waals surface area contributed by atoms with Crippen molar-refractivity contribution >= 4 is 0 Å². The van der Waals surface area contributed by atoms with Crippen LogP contribution in [0.1, 0.15) is 0 Å². The first-order valence-electron chi connectivity index (χ1n) is 4.10. The predicted octanol–water partition coefficient (Wildman–Crippen LogP) is 1.33. The fourth-order valence-electron chi connectivity index (χ4n) is 1.16. The Labute approximate surface area is 76.2 Å². The number of aliphatic hydroxyl groups excluding tert-OH is 1. The highest BCUT2D eigenvalue weighted by Crippen LogP contribution is 2.29. The van der Waals surface area contributed by atoms with Crippen LogP contribution in [0.15, 0.2) is 36.1 Å². The lowest BCUT2D eigenvalue weighted by Crippen LogP contribution is -1.99. The monoisotopic (exact) mass is 178 g/mol. The van der Waals surface area contributed by atoms with Crippen LogP contribution in [-0.2, 0) is 0 Å². The Balaban J connectivity index is 2.31. The van der Waals surface area contributed by atoms with Gasteiger partial charge in [-0.1, -0.05) is 12.1 Å². The van der Waals surface area contributed by atoms with Gasteiger partial charge in [0.15, 0.2) is 11.5 Å². The first-order chi connectivity index (χ1) is 6.40. The number of benzene rings is 1. The van der Waals surface area contributed by atoms with Gasteiger partial charge >= 0.3 is 0 Å². The Morgan fingerprint density at radius 1 is 1.23 bits per heavy atom. The number of para-hydroxylation sites is 2. The van der Waals surface area contributed by atoms with Crippen molar-refractivity contribution in [1.29, 1.82) is 0 Å². The molecule has 0 spiro atoms. The third-order valence-electron chi connectivity index (χ3n) is 1.80. The summed E-state index contributed by atoms with van der Waals surface area (Å²) in [5.41, 5.74) is 0. The van der Waals surface area contributed by atoms with E-state index in [1.807, 2.05) is 24.3 Å². The van der Waals surface area contributed by atoms with Crippen molar-refractivity contribution in [2.45, 2.75) is 0 Å². The SMILES string of the molecule is OCC1=CCOc2ccccc2O1. The summed E-state index contributed by atoms with van der Waals surface area (Å²) >= 11 is 0. The normalized spacial score (nSPS) is 14.7. The summed E-state index contributed by atoms with van der Waals surface area (Å²) in [5.74, 6) is 1.90. The van der Waals surface area contributed by atoms with Gasteiger partial charge in [0.25, 0.3) is 0 Å². The molecule has 0 saturated heterocycles. The Kier molecular flexibility index (Phi) is 2.19. The highest BCUT2D eigenvalue weighted by atomic mass is 16.5. The molecule has 1 N–H and O–H groups in total. The molecule has 0 amide bonds. The molecule has 0 saturated carbocycles. The van der Waals surface area contributed by atoms with Gasteiger partial charge in [-0.25, -0.2) is 0 Å². The molecule has 68 valence electrons. The molecular weight excluding hydrogens is 168 g/mol. The van der Waals surface area contributed by atoms with E-state index in [0.29, 0.717) is 23.9 Å². The molecule has 1 heterocycles. The topological polar surface area (TPSA) is 38.7 Å². The van der Waals surface area contributed by atoms with Crippen LogP contribution in [0.4, 0.5) is 0 Å². The van der Waals surface area contributed by atoms with Crippen LogP contribution in [-0.4, -0.2) is 18.3 Å². The first-order valence-corrected chi connectivity index (χ1v) is 4.10. The summed E-state index contributed by atoms with van der Waals surface area (Å²) in [7, 11) is 0. The van der Waals surface area contributed by atoms with Crippen molar-refractivity contribution in [2.24, 2.45) is 0 Å². The second kappa shape index (κ2) is 3.49. The molecule has 0 radical (unpaired) electrons. The summed E-state index contributed by atoms with van der Waals surface area (Å²) in [4.78, 5) is 0. The van der Waals surface area contributed by atoms with Gasteiger partial charge in [0.1, 0.15) is 19.0 Å². The number of hydrogen-bond acceptors (Lipinski definition) is 3. The van der Waals surface area contributed by atoms with E-state index in [4.69, 9.17) is 14.6 Å². The van der Waals surface area contributed by atoms with Gasteiger partial charge in [-0.05, 0) is 18.2 Å². The van der Waals surface area contributed by atoms with Crippen LogP contribution in [0.5, 0.6) is 11.5 Å². The fraction of sp³-hybridized carbons (Fsp3) is 0.200. The molecule has 1 aromatic rings. The summed E-state index contributed by atoms with van der Waals surface area (Å²) in [6.45, 7) is 0.338. The molecule has 1 aliphatic rings. The zero-order chi connectivity index (χ0) is 9.10. The summed E-state index contributed by atoms with van der Waals surface area (Å²) in [5, 5.41) is 8.89. The van der Waals surface area contributed by atoms with E-state index in [2.05, 4.69) is 0 Å². The van der Waals surface area contributed by atoms with Gasteiger partial charge in [0, 0.05) is 0 Å². The standard InChI is InChI=1S/C10H10O3/c11-7-8-5-6-12-9-3-1-2-4-10(9)13-8/h1-5,11H,6-7H2. The average molecular weight is 178 g/mol. The molecule has 0 bridgehead atoms. The van der Waals surface area contributed by atoms with Crippen LogP contribution in [0.2, 0.25) is 0 Å². The Bertz CT molecular complexity index is 331. The van der Waals surface area contributed by atoms with Gasteiger partial charge in [-0.15, -0.1) is 0 Å². The van der Waals surface area contributed by atoms with Crippen LogP contribution in [0.3, 0.4) is 0 Å². The number of rotatable bonds is 1. The highest BCUT2D eigenvalue weighted by Gasteiger charge is 2.09. The number of aliphatic hydroxyl groups is 1. The number of hydrogen-bond donors (Lipinski definition) is 1. The molecule has 1 aromatic carbocycles. The van der Waals surface area contributed by atoms with Crippen molar-refractivity contribution in [1.82, 2.24) is 0 Å². The van der Waals surface area contributed by atoms with Crippen LogP contribution in [0.25, 0.3) is 0 Å². The zero-order valence-electron chi connectivity index (χ0n) is 7.06. The Morgan fingerprint density at radius 3 is 2.77 bits per heavy atom. The van der Waals surface area contributed by atoms with Crippen LogP contribution in [0, 0.1) is 0 Å². The van der Waals surface area contributed by atoms with Crippen LogP contribution < -0.4 is 9.47 Å². The number of ether oxygens (including phenoxy) is 2. The van der Waals surface area contributed by atoms with E-state index in [1.165, 1.54) is 0 Å². The predicted molar refractivity (Wildman–Crippen MR) is 47.7 cm³/mol. The molecule has 3 nitrogen and oxygen atoms in total. The molecule has 0 aromatic heterocycles. The molecule has 0 aliphatic carbocycles. The van der Waals surface area contributed by atoms with E-state index in [0.717, 1.165) is 0 Å². The minimum atomic E-state index is -0.0995. The summed E-state index contributed by atoms with van der Waals surface area (Å²) in [6, 6.07) is 7.39. The van der Waals surface area contributed by atoms with E-state index >= 15 is 0 Å². The third-order valence-corrected chi connectivity index (χ3v) is 1.80. The Hall–Kier alpha value is -1.48. The molecule has 0 atom stereocenters. The quantitative estimate of drug-likeness (QED) is 0.705. The molecular formula is C10H10O3. The van der Waals surface area contributed by atoms with Gasteiger partial charge in [-0.2, -0.15) is 0 Å². The molecule has 3 heteroatoms. The van der Waals surface area contributed by atoms with Gasteiger partial charge in [0.2, 0.25) is 0 Å². The maximum absolute atomic E-state index is 8.89. The summed E-state index contributed by atoms with van der Waals surface area (Å²) < 4.78 is 10.8.